The van der Waals surface area contributed by atoms with E-state index in [0.29, 0.717) is 34.1 Å². The van der Waals surface area contributed by atoms with Crippen molar-refractivity contribution < 1.29 is 28.5 Å². The maximum atomic E-state index is 12.7. The van der Waals surface area contributed by atoms with E-state index in [2.05, 4.69) is 41.7 Å². The standard InChI is InChI=1S/C34H34N2O6/c1-5-6-7-23-8-12-25(13-9-23)26-14-16-27(17-15-26)34(38)42-29-18-10-24(11-19-29)22-35-36-33(37)28-20-30(39-2)32(41-4)31(21-28)40-3/h8-22H,5-7H2,1-4H3,(H,36,37)/b35-22+. The zero-order chi connectivity index (χ0) is 29.9. The number of nitrogens with one attached hydrogen (secondary N) is 1. The van der Waals surface area contributed by atoms with E-state index >= 15 is 0 Å². The van der Waals surface area contributed by atoms with Crippen LogP contribution in [0.15, 0.2) is 90.0 Å². The highest BCUT2D eigenvalue weighted by molar-refractivity contribution is 5.96. The second-order valence-electron chi connectivity index (χ2n) is 9.45. The fourth-order valence-electron chi connectivity index (χ4n) is 4.27. The summed E-state index contributed by atoms with van der Waals surface area (Å²) in [4.78, 5) is 25.3. The van der Waals surface area contributed by atoms with Gasteiger partial charge >= 0.3 is 5.97 Å². The first-order chi connectivity index (χ1) is 20.4. The van der Waals surface area contributed by atoms with Crippen LogP contribution in [0.4, 0.5) is 0 Å². The van der Waals surface area contributed by atoms with Gasteiger partial charge in [0, 0.05) is 5.56 Å². The predicted octanol–water partition coefficient (Wildman–Crippen LogP) is 6.71. The summed E-state index contributed by atoms with van der Waals surface area (Å²) in [5, 5.41) is 4.02. The zero-order valence-corrected chi connectivity index (χ0v) is 24.2. The van der Waals surface area contributed by atoms with Gasteiger partial charge in [0.25, 0.3) is 5.91 Å². The summed E-state index contributed by atoms with van der Waals surface area (Å²) >= 11 is 0. The van der Waals surface area contributed by atoms with Crippen molar-refractivity contribution in [3.05, 3.63) is 107 Å². The fourth-order valence-corrected chi connectivity index (χ4v) is 4.27. The molecule has 0 aliphatic heterocycles. The summed E-state index contributed by atoms with van der Waals surface area (Å²) in [7, 11) is 4.44. The van der Waals surface area contributed by atoms with E-state index < -0.39 is 11.9 Å². The first kappa shape index (κ1) is 29.9. The van der Waals surface area contributed by atoms with E-state index in [4.69, 9.17) is 18.9 Å². The van der Waals surface area contributed by atoms with Crippen molar-refractivity contribution in [2.24, 2.45) is 5.10 Å². The molecule has 0 aliphatic rings. The molecule has 8 heteroatoms. The van der Waals surface area contributed by atoms with Gasteiger partial charge in [-0.05, 0) is 83.6 Å². The minimum absolute atomic E-state index is 0.289. The van der Waals surface area contributed by atoms with Gasteiger partial charge in [-0.1, -0.05) is 49.7 Å². The SMILES string of the molecule is CCCCc1ccc(-c2ccc(C(=O)Oc3ccc(/C=N/NC(=O)c4cc(OC)c(OC)c(OC)c4)cc3)cc2)cc1. The lowest BCUT2D eigenvalue weighted by Gasteiger charge is -2.13. The molecule has 0 aromatic heterocycles. The second kappa shape index (κ2) is 14.5. The quantitative estimate of drug-likeness (QED) is 0.0887. The number of unbranched alkanes of at least 4 members (excludes halogenated alkanes) is 1. The molecule has 4 aromatic carbocycles. The van der Waals surface area contributed by atoms with Crippen molar-refractivity contribution in [3.8, 4) is 34.1 Å². The molecule has 0 radical (unpaired) electrons. The Balaban J connectivity index is 1.32. The van der Waals surface area contributed by atoms with Gasteiger partial charge in [-0.3, -0.25) is 4.79 Å². The highest BCUT2D eigenvalue weighted by Crippen LogP contribution is 2.38. The summed E-state index contributed by atoms with van der Waals surface area (Å²) in [5.41, 5.74) is 7.39. The van der Waals surface area contributed by atoms with Crippen LogP contribution in [0.25, 0.3) is 11.1 Å². The third-order valence-electron chi connectivity index (χ3n) is 6.62. The number of carbonyl (C=O) groups excluding carboxylic acids is 2. The van der Waals surface area contributed by atoms with Gasteiger partial charge in [0.2, 0.25) is 5.75 Å². The number of ether oxygens (including phenoxy) is 4. The Bertz CT molecular complexity index is 1500. The molecule has 0 atom stereocenters. The number of hydrazone groups is 1. The molecular weight excluding hydrogens is 532 g/mol. The molecule has 0 fully saturated rings. The van der Waals surface area contributed by atoms with Gasteiger partial charge in [-0.25, -0.2) is 10.2 Å². The molecular formula is C34H34N2O6. The van der Waals surface area contributed by atoms with Gasteiger partial charge in [0.15, 0.2) is 11.5 Å². The van der Waals surface area contributed by atoms with E-state index in [9.17, 15) is 9.59 Å². The van der Waals surface area contributed by atoms with Crippen molar-refractivity contribution >= 4 is 18.1 Å². The minimum atomic E-state index is -0.453. The van der Waals surface area contributed by atoms with Crippen LogP contribution in [0.2, 0.25) is 0 Å². The van der Waals surface area contributed by atoms with Gasteiger partial charge < -0.3 is 18.9 Å². The minimum Gasteiger partial charge on any atom is -0.493 e. The van der Waals surface area contributed by atoms with Crippen molar-refractivity contribution in [2.75, 3.05) is 21.3 Å². The number of esters is 1. The average Bonchev–Trinajstić information content (AvgIpc) is 3.04. The molecule has 0 saturated carbocycles. The topological polar surface area (TPSA) is 95.5 Å². The van der Waals surface area contributed by atoms with Crippen LogP contribution >= 0.6 is 0 Å². The number of rotatable bonds is 12. The van der Waals surface area contributed by atoms with E-state index in [1.54, 1.807) is 36.4 Å². The summed E-state index contributed by atoms with van der Waals surface area (Å²) < 4.78 is 21.4. The van der Waals surface area contributed by atoms with Crippen molar-refractivity contribution in [1.82, 2.24) is 5.43 Å². The third kappa shape index (κ3) is 7.54. The fraction of sp³-hybridized carbons (Fsp3) is 0.206. The van der Waals surface area contributed by atoms with Crippen LogP contribution in [0.1, 0.15) is 51.6 Å². The highest BCUT2D eigenvalue weighted by atomic mass is 16.5. The summed E-state index contributed by atoms with van der Waals surface area (Å²) in [6, 6.07) is 25.8. The highest BCUT2D eigenvalue weighted by Gasteiger charge is 2.17. The molecule has 0 bridgehead atoms. The Kier molecular flexibility index (Phi) is 10.3. The Hall–Kier alpha value is -5.11. The number of benzene rings is 4. The van der Waals surface area contributed by atoms with Crippen LogP contribution in [-0.4, -0.2) is 39.4 Å². The summed E-state index contributed by atoms with van der Waals surface area (Å²) in [6.07, 6.45) is 4.93. The van der Waals surface area contributed by atoms with Crippen molar-refractivity contribution in [1.29, 1.82) is 0 Å². The summed E-state index contributed by atoms with van der Waals surface area (Å²) in [5.74, 6) is 0.604. The first-order valence-corrected chi connectivity index (χ1v) is 13.6. The Morgan fingerprint density at radius 3 is 1.90 bits per heavy atom. The largest absolute Gasteiger partial charge is 0.493 e. The molecule has 1 amide bonds. The molecule has 4 aromatic rings. The Morgan fingerprint density at radius 1 is 0.762 bits per heavy atom. The number of methoxy groups -OCH3 is 3. The van der Waals surface area contributed by atoms with Crippen LogP contribution in [0.5, 0.6) is 23.0 Å². The number of nitrogens with zero attached hydrogens (tertiary/aromatic N) is 1. The summed E-state index contributed by atoms with van der Waals surface area (Å²) in [6.45, 7) is 2.19. The number of aryl methyl sites for hydroxylation is 1. The van der Waals surface area contributed by atoms with Crippen molar-refractivity contribution in [3.63, 3.8) is 0 Å². The number of hydrogen-bond acceptors (Lipinski definition) is 7. The molecule has 0 aliphatic carbocycles. The second-order valence-corrected chi connectivity index (χ2v) is 9.45. The molecule has 0 saturated heterocycles. The zero-order valence-electron chi connectivity index (χ0n) is 24.2. The Labute approximate surface area is 245 Å². The molecule has 0 spiro atoms. The van der Waals surface area contributed by atoms with Crippen LogP contribution < -0.4 is 24.4 Å². The van der Waals surface area contributed by atoms with E-state index in [-0.39, 0.29) is 5.56 Å². The number of hydrogen-bond donors (Lipinski definition) is 1. The van der Waals surface area contributed by atoms with Crippen LogP contribution in [-0.2, 0) is 6.42 Å². The van der Waals surface area contributed by atoms with Gasteiger partial charge in [-0.15, -0.1) is 0 Å². The molecule has 0 heterocycles. The molecule has 0 unspecified atom stereocenters. The molecule has 4 rings (SSSR count). The molecule has 1 N–H and O–H groups in total. The molecule has 42 heavy (non-hydrogen) atoms. The lowest BCUT2D eigenvalue weighted by molar-refractivity contribution is 0.0734. The third-order valence-corrected chi connectivity index (χ3v) is 6.62. The average molecular weight is 567 g/mol. The monoisotopic (exact) mass is 566 g/mol. The van der Waals surface area contributed by atoms with Crippen molar-refractivity contribution in [2.45, 2.75) is 26.2 Å². The maximum absolute atomic E-state index is 12.7. The van der Waals surface area contributed by atoms with E-state index in [0.717, 1.165) is 17.5 Å². The molecule has 216 valence electrons. The van der Waals surface area contributed by atoms with Crippen LogP contribution in [0, 0.1) is 0 Å². The van der Waals surface area contributed by atoms with Gasteiger partial charge in [-0.2, -0.15) is 5.10 Å². The van der Waals surface area contributed by atoms with Crippen LogP contribution in [0.3, 0.4) is 0 Å². The lowest BCUT2D eigenvalue weighted by Crippen LogP contribution is -2.18. The van der Waals surface area contributed by atoms with E-state index in [1.165, 1.54) is 58.1 Å². The normalized spacial score (nSPS) is 10.8. The first-order valence-electron chi connectivity index (χ1n) is 13.6. The van der Waals surface area contributed by atoms with Gasteiger partial charge in [0.05, 0.1) is 33.1 Å². The number of carbonyl (C=O) groups is 2. The maximum Gasteiger partial charge on any atom is 0.343 e. The Morgan fingerprint density at radius 2 is 1.36 bits per heavy atom. The molecule has 8 nitrogen and oxygen atoms in total. The number of amides is 1. The van der Waals surface area contributed by atoms with Gasteiger partial charge in [0.1, 0.15) is 5.75 Å². The van der Waals surface area contributed by atoms with E-state index in [1.807, 2.05) is 12.1 Å². The predicted molar refractivity (Wildman–Crippen MR) is 163 cm³/mol. The lowest BCUT2D eigenvalue weighted by atomic mass is 10.0. The smallest absolute Gasteiger partial charge is 0.343 e.